The van der Waals surface area contributed by atoms with Gasteiger partial charge in [-0.25, -0.2) is 0 Å². The molecule has 0 aromatic heterocycles. The van der Waals surface area contributed by atoms with Crippen LogP contribution in [0.15, 0.2) is 0 Å². The summed E-state index contributed by atoms with van der Waals surface area (Å²) in [4.78, 5) is 0. The Morgan fingerprint density at radius 1 is 1.75 bits per heavy atom. The first-order chi connectivity index (χ1) is 3.87. The van der Waals surface area contributed by atoms with Crippen molar-refractivity contribution in [3.05, 3.63) is 0 Å². The minimum Gasteiger partial charge on any atom is -0.380 e. The molecule has 1 aliphatic heterocycles. The summed E-state index contributed by atoms with van der Waals surface area (Å²) in [5.41, 5.74) is 5.99. The zero-order chi connectivity index (χ0) is 5.61. The molecule has 1 heterocycles. The highest BCUT2D eigenvalue weighted by atomic mass is 16.5. The Balaban J connectivity index is 2.08. The largest absolute Gasteiger partial charge is 0.380 e. The maximum Gasteiger partial charge on any atom is 0.0538 e. The van der Waals surface area contributed by atoms with Crippen LogP contribution in [0.3, 0.4) is 0 Å². The standard InChI is InChI=1S/C6H11NO/c7-3-6-1-5(6)2-8-4-6/h5H,1-4,7H2/t5-,6?/m0/s1. The zero-order valence-corrected chi connectivity index (χ0v) is 4.89. The third kappa shape index (κ3) is 0.400. The van der Waals surface area contributed by atoms with Crippen LogP contribution in [-0.2, 0) is 4.74 Å². The molecule has 1 saturated carbocycles. The lowest BCUT2D eigenvalue weighted by Crippen LogP contribution is -2.18. The van der Waals surface area contributed by atoms with Crippen LogP contribution in [-0.4, -0.2) is 19.8 Å². The molecule has 2 N–H and O–H groups in total. The van der Waals surface area contributed by atoms with Crippen LogP contribution >= 0.6 is 0 Å². The summed E-state index contributed by atoms with van der Waals surface area (Å²) < 4.78 is 5.22. The van der Waals surface area contributed by atoms with Crippen LogP contribution in [0.5, 0.6) is 0 Å². The van der Waals surface area contributed by atoms with Crippen LogP contribution in [0, 0.1) is 11.3 Å². The molecule has 2 fully saturated rings. The fourth-order valence-corrected chi connectivity index (χ4v) is 1.56. The van der Waals surface area contributed by atoms with E-state index in [1.54, 1.807) is 0 Å². The molecule has 2 rings (SSSR count). The summed E-state index contributed by atoms with van der Waals surface area (Å²) in [5, 5.41) is 0. The summed E-state index contributed by atoms with van der Waals surface area (Å²) >= 11 is 0. The van der Waals surface area contributed by atoms with Gasteiger partial charge in [-0.05, 0) is 12.3 Å². The van der Waals surface area contributed by atoms with Crippen LogP contribution in [0.2, 0.25) is 0 Å². The van der Waals surface area contributed by atoms with Gasteiger partial charge in [0.05, 0.1) is 13.2 Å². The summed E-state index contributed by atoms with van der Waals surface area (Å²) in [7, 11) is 0. The van der Waals surface area contributed by atoms with E-state index in [1.165, 1.54) is 6.42 Å². The number of rotatable bonds is 1. The van der Waals surface area contributed by atoms with Gasteiger partial charge in [-0.2, -0.15) is 0 Å². The summed E-state index contributed by atoms with van der Waals surface area (Å²) in [6, 6.07) is 0. The zero-order valence-electron chi connectivity index (χ0n) is 4.89. The SMILES string of the molecule is NCC12COC[C@@H]1C2. The first-order valence-corrected chi connectivity index (χ1v) is 3.15. The highest BCUT2D eigenvalue weighted by Gasteiger charge is 2.56. The van der Waals surface area contributed by atoms with Gasteiger partial charge in [0.2, 0.25) is 0 Å². The lowest BCUT2D eigenvalue weighted by molar-refractivity contribution is 0.148. The van der Waals surface area contributed by atoms with Crippen molar-refractivity contribution in [2.45, 2.75) is 6.42 Å². The van der Waals surface area contributed by atoms with Gasteiger partial charge < -0.3 is 10.5 Å². The van der Waals surface area contributed by atoms with Crippen LogP contribution in [0.1, 0.15) is 6.42 Å². The second-order valence-electron chi connectivity index (χ2n) is 2.98. The molecule has 0 radical (unpaired) electrons. The Morgan fingerprint density at radius 3 is 2.88 bits per heavy atom. The lowest BCUT2D eigenvalue weighted by Gasteiger charge is -2.03. The summed E-state index contributed by atoms with van der Waals surface area (Å²) in [6.45, 7) is 2.73. The monoisotopic (exact) mass is 113 g/mol. The molecule has 1 aliphatic carbocycles. The predicted molar refractivity (Wildman–Crippen MR) is 30.4 cm³/mol. The van der Waals surface area contributed by atoms with Crippen molar-refractivity contribution in [1.29, 1.82) is 0 Å². The van der Waals surface area contributed by atoms with E-state index in [0.29, 0.717) is 5.41 Å². The number of nitrogens with two attached hydrogens (primary N) is 1. The third-order valence-electron chi connectivity index (χ3n) is 2.47. The molecule has 8 heavy (non-hydrogen) atoms. The highest BCUT2D eigenvalue weighted by molar-refractivity contribution is 5.06. The van der Waals surface area contributed by atoms with E-state index in [0.717, 1.165) is 25.7 Å². The van der Waals surface area contributed by atoms with Gasteiger partial charge in [0.15, 0.2) is 0 Å². The maximum absolute atomic E-state index is 5.53. The van der Waals surface area contributed by atoms with Crippen molar-refractivity contribution in [3.63, 3.8) is 0 Å². The third-order valence-corrected chi connectivity index (χ3v) is 2.47. The molecular formula is C6H11NO. The van der Waals surface area contributed by atoms with E-state index in [-0.39, 0.29) is 0 Å². The molecule has 46 valence electrons. The van der Waals surface area contributed by atoms with Crippen LogP contribution < -0.4 is 5.73 Å². The second-order valence-corrected chi connectivity index (χ2v) is 2.98. The van der Waals surface area contributed by atoms with Gasteiger partial charge >= 0.3 is 0 Å². The van der Waals surface area contributed by atoms with E-state index in [1.807, 2.05) is 0 Å². The van der Waals surface area contributed by atoms with E-state index in [9.17, 15) is 0 Å². The molecule has 0 aromatic rings. The summed E-state index contributed by atoms with van der Waals surface area (Å²) in [6.07, 6.45) is 1.32. The fraction of sp³-hybridized carbons (Fsp3) is 1.00. The molecule has 0 aromatic carbocycles. The van der Waals surface area contributed by atoms with E-state index in [4.69, 9.17) is 10.5 Å². The Labute approximate surface area is 49.0 Å². The minimum atomic E-state index is 0.458. The molecule has 1 saturated heterocycles. The molecule has 0 bridgehead atoms. The Kier molecular flexibility index (Phi) is 0.746. The molecule has 2 nitrogen and oxygen atoms in total. The van der Waals surface area contributed by atoms with Gasteiger partial charge in [0, 0.05) is 12.0 Å². The predicted octanol–water partition coefficient (Wildman–Crippen LogP) is -0.0184. The number of hydrogen-bond acceptors (Lipinski definition) is 2. The molecular weight excluding hydrogens is 102 g/mol. The second kappa shape index (κ2) is 1.25. The van der Waals surface area contributed by atoms with Gasteiger partial charge in [0.1, 0.15) is 0 Å². The van der Waals surface area contributed by atoms with Crippen molar-refractivity contribution in [3.8, 4) is 0 Å². The van der Waals surface area contributed by atoms with Crippen molar-refractivity contribution >= 4 is 0 Å². The molecule has 2 heteroatoms. The van der Waals surface area contributed by atoms with Gasteiger partial charge in [-0.3, -0.25) is 0 Å². The van der Waals surface area contributed by atoms with Gasteiger partial charge in [0.25, 0.3) is 0 Å². The van der Waals surface area contributed by atoms with E-state index >= 15 is 0 Å². The Morgan fingerprint density at radius 2 is 2.62 bits per heavy atom. The first kappa shape index (κ1) is 4.77. The average molecular weight is 113 g/mol. The van der Waals surface area contributed by atoms with Gasteiger partial charge in [-0.1, -0.05) is 0 Å². The number of ether oxygens (including phenoxy) is 1. The van der Waals surface area contributed by atoms with Crippen LogP contribution in [0.4, 0.5) is 0 Å². The molecule has 0 spiro atoms. The molecule has 2 atom stereocenters. The fourth-order valence-electron chi connectivity index (χ4n) is 1.56. The van der Waals surface area contributed by atoms with E-state index < -0.39 is 0 Å². The molecule has 0 amide bonds. The highest BCUT2D eigenvalue weighted by Crippen LogP contribution is 2.55. The smallest absolute Gasteiger partial charge is 0.0538 e. The average Bonchev–Trinajstić information content (AvgIpc) is 2.38. The normalized spacial score (nSPS) is 51.4. The van der Waals surface area contributed by atoms with Crippen molar-refractivity contribution < 1.29 is 4.74 Å². The summed E-state index contributed by atoms with van der Waals surface area (Å²) in [5.74, 6) is 0.826. The van der Waals surface area contributed by atoms with Crippen molar-refractivity contribution in [1.82, 2.24) is 0 Å². The number of hydrogen-bond donors (Lipinski definition) is 1. The maximum atomic E-state index is 5.53. The van der Waals surface area contributed by atoms with Crippen molar-refractivity contribution in [2.75, 3.05) is 19.8 Å². The van der Waals surface area contributed by atoms with Gasteiger partial charge in [-0.15, -0.1) is 0 Å². The Bertz CT molecular complexity index is 111. The lowest BCUT2D eigenvalue weighted by atomic mass is 10.1. The van der Waals surface area contributed by atoms with Crippen molar-refractivity contribution in [2.24, 2.45) is 17.1 Å². The number of fused-ring (bicyclic) bond motifs is 1. The Hall–Kier alpha value is -0.0800. The minimum absolute atomic E-state index is 0.458. The quantitative estimate of drug-likeness (QED) is 0.518. The molecule has 1 unspecified atom stereocenters. The first-order valence-electron chi connectivity index (χ1n) is 3.15. The topological polar surface area (TPSA) is 35.2 Å². The molecule has 2 aliphatic rings. The van der Waals surface area contributed by atoms with E-state index in [2.05, 4.69) is 0 Å². The van der Waals surface area contributed by atoms with Crippen LogP contribution in [0.25, 0.3) is 0 Å².